The highest BCUT2D eigenvalue weighted by Gasteiger charge is 2.14. The number of ether oxygens (including phenoxy) is 1. The first-order chi connectivity index (χ1) is 10.7. The van der Waals surface area contributed by atoms with Gasteiger partial charge in [0.2, 0.25) is 0 Å². The van der Waals surface area contributed by atoms with E-state index in [2.05, 4.69) is 22.4 Å². The number of benzene rings is 1. The van der Waals surface area contributed by atoms with Crippen molar-refractivity contribution in [3.05, 3.63) is 51.5 Å². The van der Waals surface area contributed by atoms with Crippen LogP contribution in [-0.2, 0) is 17.6 Å². The Labute approximate surface area is 135 Å². The van der Waals surface area contributed by atoms with Gasteiger partial charge in [-0.25, -0.2) is 4.98 Å². The second-order valence-corrected chi connectivity index (χ2v) is 6.19. The lowest BCUT2D eigenvalue weighted by atomic mass is 10.1. The Morgan fingerprint density at radius 1 is 1.27 bits per heavy atom. The van der Waals surface area contributed by atoms with E-state index in [9.17, 15) is 4.79 Å². The second kappa shape index (κ2) is 8.66. The fourth-order valence-corrected chi connectivity index (χ4v) is 3.15. The molecule has 1 N–H and O–H groups in total. The predicted molar refractivity (Wildman–Crippen MR) is 89.5 cm³/mol. The van der Waals surface area contributed by atoms with Crippen LogP contribution in [0.15, 0.2) is 30.3 Å². The molecule has 0 aliphatic rings. The van der Waals surface area contributed by atoms with Crippen LogP contribution in [-0.4, -0.2) is 31.2 Å². The molecule has 0 unspecified atom stereocenters. The van der Waals surface area contributed by atoms with Crippen LogP contribution in [0.3, 0.4) is 0 Å². The zero-order valence-electron chi connectivity index (χ0n) is 13.1. The van der Waals surface area contributed by atoms with Gasteiger partial charge in [-0.2, -0.15) is 0 Å². The fraction of sp³-hybridized carbons (Fsp3) is 0.412. The van der Waals surface area contributed by atoms with Crippen LogP contribution in [0.1, 0.15) is 32.4 Å². The molecule has 0 saturated heterocycles. The quantitative estimate of drug-likeness (QED) is 0.761. The number of carbonyl (C=O) groups excluding carboxylic acids is 1. The molecular weight excluding hydrogens is 296 g/mol. The molecule has 0 spiro atoms. The number of amides is 1. The SMILES string of the molecule is COCCCNC(=O)c1sc(CCc2ccccc2)nc1C. The zero-order valence-corrected chi connectivity index (χ0v) is 13.9. The first-order valence-corrected chi connectivity index (χ1v) is 8.29. The van der Waals surface area contributed by atoms with Crippen molar-refractivity contribution in [1.29, 1.82) is 0 Å². The van der Waals surface area contributed by atoms with Gasteiger partial charge in [0.25, 0.3) is 5.91 Å². The molecule has 1 heterocycles. The normalized spacial score (nSPS) is 10.6. The summed E-state index contributed by atoms with van der Waals surface area (Å²) in [4.78, 5) is 17.4. The summed E-state index contributed by atoms with van der Waals surface area (Å²) < 4.78 is 4.97. The van der Waals surface area contributed by atoms with Crippen LogP contribution >= 0.6 is 11.3 Å². The summed E-state index contributed by atoms with van der Waals surface area (Å²) in [5.74, 6) is -0.0305. The van der Waals surface area contributed by atoms with Crippen LogP contribution in [0.25, 0.3) is 0 Å². The Balaban J connectivity index is 1.88. The van der Waals surface area contributed by atoms with Crippen molar-refractivity contribution in [3.8, 4) is 0 Å². The first-order valence-electron chi connectivity index (χ1n) is 7.48. The zero-order chi connectivity index (χ0) is 15.8. The Morgan fingerprint density at radius 2 is 2.05 bits per heavy atom. The lowest BCUT2D eigenvalue weighted by Crippen LogP contribution is -2.24. The van der Waals surface area contributed by atoms with E-state index in [0.717, 1.165) is 34.8 Å². The molecule has 0 saturated carbocycles. The number of aryl methyl sites for hydroxylation is 3. The Kier molecular flexibility index (Phi) is 6.55. The average Bonchev–Trinajstić information content (AvgIpc) is 2.91. The first kappa shape index (κ1) is 16.6. The summed E-state index contributed by atoms with van der Waals surface area (Å²) in [7, 11) is 1.66. The second-order valence-electron chi connectivity index (χ2n) is 5.11. The van der Waals surface area contributed by atoms with Crippen molar-refractivity contribution >= 4 is 17.2 Å². The van der Waals surface area contributed by atoms with E-state index in [1.54, 1.807) is 7.11 Å². The van der Waals surface area contributed by atoms with E-state index < -0.39 is 0 Å². The molecule has 0 fully saturated rings. The third-order valence-corrected chi connectivity index (χ3v) is 4.54. The summed E-state index contributed by atoms with van der Waals surface area (Å²) >= 11 is 1.50. The van der Waals surface area contributed by atoms with Crippen LogP contribution in [0.2, 0.25) is 0 Å². The number of rotatable bonds is 8. The van der Waals surface area contributed by atoms with Crippen molar-refractivity contribution < 1.29 is 9.53 Å². The number of hydrogen-bond donors (Lipinski definition) is 1. The van der Waals surface area contributed by atoms with Gasteiger partial charge in [0, 0.05) is 26.7 Å². The monoisotopic (exact) mass is 318 g/mol. The van der Waals surface area contributed by atoms with Crippen molar-refractivity contribution in [2.24, 2.45) is 0 Å². The van der Waals surface area contributed by atoms with Crippen LogP contribution in [0.4, 0.5) is 0 Å². The number of nitrogens with zero attached hydrogens (tertiary/aromatic N) is 1. The smallest absolute Gasteiger partial charge is 0.263 e. The lowest BCUT2D eigenvalue weighted by Gasteiger charge is -2.03. The van der Waals surface area contributed by atoms with Crippen molar-refractivity contribution in [2.45, 2.75) is 26.2 Å². The standard InChI is InChI=1S/C17H22N2O2S/c1-13-16(17(20)18-11-6-12-21-2)22-15(19-13)10-9-14-7-4-3-5-8-14/h3-5,7-8H,6,9-12H2,1-2H3,(H,18,20). The number of nitrogens with one attached hydrogen (secondary N) is 1. The molecule has 1 aromatic heterocycles. The molecule has 0 radical (unpaired) electrons. The molecule has 5 heteroatoms. The molecule has 0 aliphatic heterocycles. The van der Waals surface area contributed by atoms with Crippen molar-refractivity contribution in [3.63, 3.8) is 0 Å². The average molecular weight is 318 g/mol. The maximum atomic E-state index is 12.1. The Bertz CT molecular complexity index is 596. The van der Waals surface area contributed by atoms with E-state index >= 15 is 0 Å². The Morgan fingerprint density at radius 3 is 2.77 bits per heavy atom. The topological polar surface area (TPSA) is 51.2 Å². The van der Waals surface area contributed by atoms with Gasteiger partial charge in [-0.15, -0.1) is 11.3 Å². The van der Waals surface area contributed by atoms with Gasteiger partial charge in [0.1, 0.15) is 4.88 Å². The molecule has 118 valence electrons. The van der Waals surface area contributed by atoms with E-state index in [1.807, 2.05) is 25.1 Å². The van der Waals surface area contributed by atoms with E-state index in [4.69, 9.17) is 4.74 Å². The number of carbonyl (C=O) groups is 1. The third kappa shape index (κ3) is 4.93. The van der Waals surface area contributed by atoms with E-state index in [1.165, 1.54) is 16.9 Å². The highest BCUT2D eigenvalue weighted by atomic mass is 32.1. The van der Waals surface area contributed by atoms with Gasteiger partial charge in [-0.1, -0.05) is 30.3 Å². The van der Waals surface area contributed by atoms with Crippen LogP contribution in [0, 0.1) is 6.92 Å². The van der Waals surface area contributed by atoms with Gasteiger partial charge in [0.15, 0.2) is 0 Å². The minimum absolute atomic E-state index is 0.0305. The minimum Gasteiger partial charge on any atom is -0.385 e. The van der Waals surface area contributed by atoms with E-state index in [-0.39, 0.29) is 5.91 Å². The summed E-state index contributed by atoms with van der Waals surface area (Å²) in [6, 6.07) is 10.3. The number of aromatic nitrogens is 1. The molecule has 4 nitrogen and oxygen atoms in total. The van der Waals surface area contributed by atoms with Gasteiger partial charge in [0.05, 0.1) is 10.7 Å². The molecule has 1 amide bonds. The highest BCUT2D eigenvalue weighted by molar-refractivity contribution is 7.13. The number of hydrogen-bond acceptors (Lipinski definition) is 4. The largest absolute Gasteiger partial charge is 0.385 e. The third-order valence-electron chi connectivity index (χ3n) is 3.33. The summed E-state index contributed by atoms with van der Waals surface area (Å²) in [5.41, 5.74) is 2.11. The van der Waals surface area contributed by atoms with Gasteiger partial charge < -0.3 is 10.1 Å². The van der Waals surface area contributed by atoms with Crippen LogP contribution in [0.5, 0.6) is 0 Å². The molecule has 22 heavy (non-hydrogen) atoms. The van der Waals surface area contributed by atoms with Crippen molar-refractivity contribution in [1.82, 2.24) is 10.3 Å². The summed E-state index contributed by atoms with van der Waals surface area (Å²) in [6.07, 6.45) is 2.64. The Hall–Kier alpha value is -1.72. The van der Waals surface area contributed by atoms with E-state index in [0.29, 0.717) is 13.2 Å². The number of methoxy groups -OCH3 is 1. The fourth-order valence-electron chi connectivity index (χ4n) is 2.16. The minimum atomic E-state index is -0.0305. The molecule has 0 bridgehead atoms. The molecule has 0 aliphatic carbocycles. The molecular formula is C17H22N2O2S. The van der Waals surface area contributed by atoms with Gasteiger partial charge >= 0.3 is 0 Å². The van der Waals surface area contributed by atoms with Crippen molar-refractivity contribution in [2.75, 3.05) is 20.3 Å². The summed E-state index contributed by atoms with van der Waals surface area (Å²) in [5, 5.41) is 3.93. The number of thiazole rings is 1. The van der Waals surface area contributed by atoms with Crippen LogP contribution < -0.4 is 5.32 Å². The highest BCUT2D eigenvalue weighted by Crippen LogP contribution is 2.19. The lowest BCUT2D eigenvalue weighted by molar-refractivity contribution is 0.0952. The predicted octanol–water partition coefficient (Wildman–Crippen LogP) is 3.00. The maximum absolute atomic E-state index is 12.1. The maximum Gasteiger partial charge on any atom is 0.263 e. The molecule has 1 aromatic carbocycles. The molecule has 2 aromatic rings. The molecule has 2 rings (SSSR count). The van der Waals surface area contributed by atoms with Gasteiger partial charge in [-0.3, -0.25) is 4.79 Å². The van der Waals surface area contributed by atoms with Gasteiger partial charge in [-0.05, 0) is 25.3 Å². The summed E-state index contributed by atoms with van der Waals surface area (Å²) in [6.45, 7) is 3.18. The molecule has 0 atom stereocenters.